The Bertz CT molecular complexity index is 668. The second-order valence-corrected chi connectivity index (χ2v) is 9.24. The Hall–Kier alpha value is -1.12. The molecule has 6 nitrogen and oxygen atoms in total. The maximum atomic E-state index is 12.1. The molecule has 1 saturated heterocycles. The number of nitrogens with one attached hydrogen (secondary N) is 1. The fraction of sp³-hybridized carbons (Fsp3) is 0.500. The summed E-state index contributed by atoms with van der Waals surface area (Å²) >= 11 is 0. The summed E-state index contributed by atoms with van der Waals surface area (Å²) < 4.78 is 49.2. The first kappa shape index (κ1) is 15.3. The van der Waals surface area contributed by atoms with Crippen molar-refractivity contribution in [1.82, 2.24) is 4.72 Å². The van der Waals surface area contributed by atoms with Crippen LogP contribution in [0.3, 0.4) is 0 Å². The topological polar surface area (TPSA) is 101 Å². The Morgan fingerprint density at radius 2 is 1.90 bits per heavy atom. The molecule has 0 radical (unpaired) electrons. The smallest absolute Gasteiger partial charge is 0.214 e. The van der Waals surface area contributed by atoms with Crippen LogP contribution < -0.4 is 4.72 Å². The lowest BCUT2D eigenvalue weighted by atomic mass is 10.2. The minimum Gasteiger partial charge on any atom is -0.508 e. The van der Waals surface area contributed by atoms with Crippen LogP contribution in [0, 0.1) is 0 Å². The van der Waals surface area contributed by atoms with Gasteiger partial charge >= 0.3 is 0 Å². The van der Waals surface area contributed by atoms with E-state index in [2.05, 4.69) is 4.72 Å². The Morgan fingerprint density at radius 3 is 2.50 bits per heavy atom. The van der Waals surface area contributed by atoms with Crippen LogP contribution in [-0.2, 0) is 26.4 Å². The van der Waals surface area contributed by atoms with Gasteiger partial charge < -0.3 is 5.11 Å². The van der Waals surface area contributed by atoms with Gasteiger partial charge in [-0.05, 0) is 30.5 Å². The minimum absolute atomic E-state index is 0.0745. The molecule has 20 heavy (non-hydrogen) atoms. The van der Waals surface area contributed by atoms with Crippen molar-refractivity contribution in [3.63, 3.8) is 0 Å². The Labute approximate surface area is 118 Å². The van der Waals surface area contributed by atoms with Crippen LogP contribution in [0.5, 0.6) is 5.75 Å². The van der Waals surface area contributed by atoms with Crippen LogP contribution in [0.15, 0.2) is 24.3 Å². The molecule has 0 atom stereocenters. The van der Waals surface area contributed by atoms with Gasteiger partial charge in [0.2, 0.25) is 10.0 Å². The molecule has 2 rings (SSSR count). The summed E-state index contributed by atoms with van der Waals surface area (Å²) in [5.74, 6) is -0.0828. The van der Waals surface area contributed by atoms with E-state index in [1.165, 1.54) is 12.1 Å². The molecule has 1 aromatic rings. The van der Waals surface area contributed by atoms with Crippen molar-refractivity contribution in [2.24, 2.45) is 0 Å². The van der Waals surface area contributed by atoms with E-state index in [1.807, 2.05) is 0 Å². The van der Waals surface area contributed by atoms with E-state index in [0.29, 0.717) is 5.56 Å². The molecule has 0 amide bonds. The number of phenols is 1. The van der Waals surface area contributed by atoms with E-state index < -0.39 is 25.1 Å². The number of sulfone groups is 1. The first-order chi connectivity index (χ1) is 9.28. The monoisotopic (exact) mass is 319 g/mol. The number of aromatic hydroxyl groups is 1. The molecule has 1 aliphatic rings. The lowest BCUT2D eigenvalue weighted by Crippen LogP contribution is -2.39. The molecule has 1 aromatic carbocycles. The van der Waals surface area contributed by atoms with Gasteiger partial charge in [0, 0.05) is 6.54 Å². The predicted octanol–water partition coefficient (Wildman–Crippen LogP) is 0.389. The van der Waals surface area contributed by atoms with Gasteiger partial charge in [-0.1, -0.05) is 12.1 Å². The van der Waals surface area contributed by atoms with Gasteiger partial charge in [0.15, 0.2) is 0 Å². The molecular weight excluding hydrogens is 302 g/mol. The molecule has 2 N–H and O–H groups in total. The molecule has 0 aromatic heterocycles. The highest BCUT2D eigenvalue weighted by atomic mass is 32.2. The van der Waals surface area contributed by atoms with Gasteiger partial charge in [0.05, 0.1) is 16.8 Å². The highest BCUT2D eigenvalue weighted by Gasteiger charge is 2.32. The van der Waals surface area contributed by atoms with E-state index in [1.54, 1.807) is 12.1 Å². The fourth-order valence-electron chi connectivity index (χ4n) is 2.15. The van der Waals surface area contributed by atoms with E-state index >= 15 is 0 Å². The standard InChI is InChI=1S/C12H17NO5S2/c14-11-3-1-2-10(8-11)9-13-20(17,18)12-4-6-19(15,16)7-5-12/h1-3,8,12-14H,4-7,9H2. The van der Waals surface area contributed by atoms with Crippen molar-refractivity contribution in [1.29, 1.82) is 0 Å². The normalized spacial score (nSPS) is 19.8. The fourth-order valence-corrected chi connectivity index (χ4v) is 5.40. The van der Waals surface area contributed by atoms with Crippen molar-refractivity contribution < 1.29 is 21.9 Å². The number of phenolic OH excluding ortho intramolecular Hbond substituents is 1. The summed E-state index contributed by atoms with van der Waals surface area (Å²) in [6.07, 6.45) is 0.273. The minimum atomic E-state index is -3.54. The summed E-state index contributed by atoms with van der Waals surface area (Å²) in [5, 5.41) is 8.64. The average Bonchev–Trinajstić information content (AvgIpc) is 2.36. The number of hydrogen-bond donors (Lipinski definition) is 2. The summed E-state index contributed by atoms with van der Waals surface area (Å²) in [4.78, 5) is 0. The van der Waals surface area contributed by atoms with E-state index in [0.717, 1.165) is 0 Å². The maximum absolute atomic E-state index is 12.1. The average molecular weight is 319 g/mol. The van der Waals surface area contributed by atoms with Crippen LogP contribution in [0.1, 0.15) is 18.4 Å². The molecule has 0 aliphatic carbocycles. The SMILES string of the molecule is O=S1(=O)CCC(S(=O)(=O)NCc2cccc(O)c2)CC1. The van der Waals surface area contributed by atoms with Crippen LogP contribution in [0.2, 0.25) is 0 Å². The van der Waals surface area contributed by atoms with Crippen LogP contribution in [0.4, 0.5) is 0 Å². The quantitative estimate of drug-likeness (QED) is 0.836. The molecule has 1 fully saturated rings. The van der Waals surface area contributed by atoms with E-state index in [4.69, 9.17) is 0 Å². The molecule has 0 unspecified atom stereocenters. The number of sulfonamides is 1. The molecule has 0 bridgehead atoms. The second kappa shape index (κ2) is 5.71. The zero-order valence-corrected chi connectivity index (χ0v) is 12.5. The van der Waals surface area contributed by atoms with Crippen molar-refractivity contribution in [3.05, 3.63) is 29.8 Å². The largest absolute Gasteiger partial charge is 0.508 e. The summed E-state index contributed by atoms with van der Waals surface area (Å²) in [7, 11) is -6.61. The highest BCUT2D eigenvalue weighted by molar-refractivity contribution is 7.92. The Balaban J connectivity index is 1.98. The zero-order chi connectivity index (χ0) is 14.8. The van der Waals surface area contributed by atoms with Crippen molar-refractivity contribution in [3.8, 4) is 5.75 Å². The predicted molar refractivity (Wildman–Crippen MR) is 75.5 cm³/mol. The van der Waals surface area contributed by atoms with Crippen molar-refractivity contribution >= 4 is 19.9 Å². The summed E-state index contributed by atoms with van der Waals surface area (Å²) in [6, 6.07) is 6.32. The van der Waals surface area contributed by atoms with Gasteiger partial charge in [-0.3, -0.25) is 0 Å². The molecule has 0 saturated carbocycles. The van der Waals surface area contributed by atoms with Crippen LogP contribution in [-0.4, -0.2) is 38.7 Å². The summed E-state index contributed by atoms with van der Waals surface area (Å²) in [6.45, 7) is 0.0833. The Kier molecular flexibility index (Phi) is 4.36. The highest BCUT2D eigenvalue weighted by Crippen LogP contribution is 2.19. The number of hydrogen-bond acceptors (Lipinski definition) is 5. The number of benzene rings is 1. The molecular formula is C12H17NO5S2. The van der Waals surface area contributed by atoms with Crippen molar-refractivity contribution in [2.45, 2.75) is 24.6 Å². The van der Waals surface area contributed by atoms with Crippen molar-refractivity contribution in [2.75, 3.05) is 11.5 Å². The van der Waals surface area contributed by atoms with Gasteiger partial charge in [-0.2, -0.15) is 0 Å². The third kappa shape index (κ3) is 3.94. The molecule has 1 heterocycles. The molecule has 112 valence electrons. The van der Waals surface area contributed by atoms with Crippen LogP contribution >= 0.6 is 0 Å². The molecule has 1 aliphatic heterocycles. The zero-order valence-electron chi connectivity index (χ0n) is 10.8. The Morgan fingerprint density at radius 1 is 1.25 bits per heavy atom. The first-order valence-electron chi connectivity index (χ1n) is 6.25. The molecule has 0 spiro atoms. The van der Waals surface area contributed by atoms with Gasteiger partial charge in [-0.25, -0.2) is 21.6 Å². The van der Waals surface area contributed by atoms with Crippen LogP contribution in [0.25, 0.3) is 0 Å². The first-order valence-corrected chi connectivity index (χ1v) is 9.62. The van der Waals surface area contributed by atoms with Gasteiger partial charge in [-0.15, -0.1) is 0 Å². The maximum Gasteiger partial charge on any atom is 0.214 e. The number of rotatable bonds is 4. The lowest BCUT2D eigenvalue weighted by Gasteiger charge is -2.22. The van der Waals surface area contributed by atoms with Gasteiger partial charge in [0.1, 0.15) is 15.6 Å². The third-order valence-corrected chi connectivity index (χ3v) is 6.94. The van der Waals surface area contributed by atoms with E-state index in [-0.39, 0.29) is 36.6 Å². The summed E-state index contributed by atoms with van der Waals surface area (Å²) in [5.41, 5.74) is 0.650. The lowest BCUT2D eigenvalue weighted by molar-refractivity contribution is 0.474. The molecule has 8 heteroatoms. The van der Waals surface area contributed by atoms with E-state index in [9.17, 15) is 21.9 Å². The third-order valence-electron chi connectivity index (χ3n) is 3.33. The second-order valence-electron chi connectivity index (χ2n) is 4.89. The van der Waals surface area contributed by atoms with Gasteiger partial charge in [0.25, 0.3) is 0 Å².